The number of imide groups is 1. The van der Waals surface area contributed by atoms with Crippen molar-refractivity contribution in [2.75, 3.05) is 38.2 Å². The predicted octanol–water partition coefficient (Wildman–Crippen LogP) is 2.05. The van der Waals surface area contributed by atoms with Gasteiger partial charge in [-0.15, -0.1) is 0 Å². The summed E-state index contributed by atoms with van der Waals surface area (Å²) < 4.78 is 15.3. The van der Waals surface area contributed by atoms with E-state index in [-0.39, 0.29) is 63.6 Å². The standard InChI is InChI=1S/C31H35N7O12.C3H8/c32-30(44)33-14-1-2-24(36-26(40)18-34-25(39)13-16-48-17-15-37-27(41)11-12-28(37)42)29(43)35-21-5-3-20(4-6-21)19-49-31(45)50-23-9-7-22(8-10-23)38(46)47;1-3-2/h3-12,24H,1-2,13-19H2,(H,34,39)(H,35,43)(H,36,40)(H3,32,33,44);3H2,1-2H3. The summed E-state index contributed by atoms with van der Waals surface area (Å²) in [5, 5.41) is 20.8. The molecule has 19 nitrogen and oxygen atoms in total. The van der Waals surface area contributed by atoms with Crippen molar-refractivity contribution < 1.29 is 52.7 Å². The summed E-state index contributed by atoms with van der Waals surface area (Å²) in [6, 6.07) is 9.26. The molecule has 0 radical (unpaired) electrons. The van der Waals surface area contributed by atoms with Crippen molar-refractivity contribution in [2.45, 2.75) is 52.2 Å². The van der Waals surface area contributed by atoms with Gasteiger partial charge < -0.3 is 41.2 Å². The number of nitro groups is 1. The summed E-state index contributed by atoms with van der Waals surface area (Å²) in [7, 11) is 0. The highest BCUT2D eigenvalue weighted by Gasteiger charge is 2.23. The van der Waals surface area contributed by atoms with E-state index in [4.69, 9.17) is 19.9 Å². The number of urea groups is 1. The molecular weight excluding hydrogens is 698 g/mol. The fraction of sp³-hybridized carbons (Fsp3) is 0.382. The van der Waals surface area contributed by atoms with E-state index in [0.29, 0.717) is 11.3 Å². The molecule has 1 aliphatic rings. The zero-order chi connectivity index (χ0) is 39.2. The van der Waals surface area contributed by atoms with Crippen LogP contribution in [-0.4, -0.2) is 90.4 Å². The van der Waals surface area contributed by atoms with Crippen molar-refractivity contribution in [2.24, 2.45) is 5.73 Å². The lowest BCUT2D eigenvalue weighted by molar-refractivity contribution is -0.384. The molecule has 0 spiro atoms. The first kappa shape index (κ1) is 42.8. The molecule has 0 fully saturated rings. The molecule has 0 bridgehead atoms. The third-order valence-electron chi connectivity index (χ3n) is 6.73. The maximum atomic E-state index is 13.1. The minimum absolute atomic E-state index is 0.0217. The number of non-ortho nitro benzene ring substituents is 1. The molecular formula is C34H43N7O12. The highest BCUT2D eigenvalue weighted by atomic mass is 16.7. The van der Waals surface area contributed by atoms with Gasteiger partial charge in [0.1, 0.15) is 18.4 Å². The smallest absolute Gasteiger partial charge is 0.429 e. The van der Waals surface area contributed by atoms with E-state index in [9.17, 15) is 43.7 Å². The predicted molar refractivity (Wildman–Crippen MR) is 188 cm³/mol. The van der Waals surface area contributed by atoms with Crippen LogP contribution in [0.4, 0.5) is 21.0 Å². The number of primary amides is 1. The molecule has 7 amide bonds. The quantitative estimate of drug-likeness (QED) is 0.0346. The summed E-state index contributed by atoms with van der Waals surface area (Å²) in [5.41, 5.74) is 5.80. The van der Waals surface area contributed by atoms with Crippen molar-refractivity contribution >= 4 is 53.1 Å². The third kappa shape index (κ3) is 16.9. The molecule has 2 aromatic carbocycles. The van der Waals surface area contributed by atoms with E-state index in [2.05, 4.69) is 35.1 Å². The number of nitrogens with two attached hydrogens (primary N) is 1. The van der Waals surface area contributed by atoms with E-state index in [0.717, 1.165) is 17.1 Å². The molecule has 286 valence electrons. The average Bonchev–Trinajstić information content (AvgIpc) is 3.44. The Morgan fingerprint density at radius 1 is 0.906 bits per heavy atom. The van der Waals surface area contributed by atoms with E-state index in [1.807, 2.05) is 0 Å². The number of hydrogen-bond donors (Lipinski definition) is 5. The van der Waals surface area contributed by atoms with Gasteiger partial charge in [-0.3, -0.25) is 39.0 Å². The number of anilines is 1. The van der Waals surface area contributed by atoms with Crippen LogP contribution in [0.2, 0.25) is 0 Å². The minimum Gasteiger partial charge on any atom is -0.429 e. The summed E-state index contributed by atoms with van der Waals surface area (Å²) >= 11 is 0. The second kappa shape index (κ2) is 23.2. The van der Waals surface area contributed by atoms with Gasteiger partial charge in [-0.25, -0.2) is 9.59 Å². The van der Waals surface area contributed by atoms with Gasteiger partial charge in [-0.2, -0.15) is 0 Å². The number of nitrogens with zero attached hydrogens (tertiary/aromatic N) is 2. The normalized spacial score (nSPS) is 12.2. The van der Waals surface area contributed by atoms with Crippen molar-refractivity contribution in [1.82, 2.24) is 20.9 Å². The number of nitro benzene ring substituents is 1. The van der Waals surface area contributed by atoms with Gasteiger partial charge in [0.15, 0.2) is 0 Å². The summed E-state index contributed by atoms with van der Waals surface area (Å²) in [6.07, 6.45) is 2.81. The molecule has 0 saturated heterocycles. The van der Waals surface area contributed by atoms with Crippen LogP contribution in [0, 0.1) is 10.1 Å². The van der Waals surface area contributed by atoms with E-state index < -0.39 is 59.2 Å². The molecule has 19 heteroatoms. The first-order valence-corrected chi connectivity index (χ1v) is 16.5. The van der Waals surface area contributed by atoms with Crippen LogP contribution in [-0.2, 0) is 40.1 Å². The monoisotopic (exact) mass is 741 g/mol. The lowest BCUT2D eigenvalue weighted by Crippen LogP contribution is -2.47. The molecule has 6 N–H and O–H groups in total. The van der Waals surface area contributed by atoms with E-state index in [1.54, 1.807) is 12.1 Å². The van der Waals surface area contributed by atoms with Crippen LogP contribution in [0.5, 0.6) is 5.75 Å². The number of rotatable bonds is 19. The van der Waals surface area contributed by atoms with Crippen LogP contribution in [0.25, 0.3) is 0 Å². The number of nitrogens with one attached hydrogen (secondary N) is 4. The number of ether oxygens (including phenoxy) is 3. The van der Waals surface area contributed by atoms with Crippen molar-refractivity contribution in [3.8, 4) is 5.75 Å². The lowest BCUT2D eigenvalue weighted by atomic mass is 10.1. The number of carbonyl (C=O) groups excluding carboxylic acids is 7. The Labute approximate surface area is 304 Å². The average molecular weight is 742 g/mol. The number of amides is 7. The van der Waals surface area contributed by atoms with E-state index in [1.165, 1.54) is 42.8 Å². The fourth-order valence-electron chi connectivity index (χ4n) is 4.19. The van der Waals surface area contributed by atoms with Gasteiger partial charge >= 0.3 is 12.2 Å². The molecule has 53 heavy (non-hydrogen) atoms. The topological polar surface area (TPSA) is 268 Å². The Hall–Kier alpha value is -6.37. The third-order valence-corrected chi connectivity index (χ3v) is 6.73. The summed E-state index contributed by atoms with van der Waals surface area (Å²) in [6.45, 7) is 3.82. The molecule has 0 aliphatic carbocycles. The van der Waals surface area contributed by atoms with Crippen LogP contribution in [0.1, 0.15) is 45.1 Å². The number of hydrogen-bond acceptors (Lipinski definition) is 12. The van der Waals surface area contributed by atoms with Gasteiger partial charge in [0.25, 0.3) is 17.5 Å². The van der Waals surface area contributed by atoms with Crippen LogP contribution < -0.4 is 31.7 Å². The van der Waals surface area contributed by atoms with Gasteiger partial charge in [-0.05, 0) is 42.7 Å². The van der Waals surface area contributed by atoms with Gasteiger partial charge in [0, 0.05) is 42.9 Å². The SMILES string of the molecule is CCC.NC(=O)NCCCC(NC(=O)CNC(=O)CCOCCN1C(=O)C=CC1=O)C(=O)Nc1ccc(COC(=O)Oc2ccc([N+](=O)[O-])cc2)cc1. The second-order valence-corrected chi connectivity index (χ2v) is 11.1. The Bertz CT molecular complexity index is 1600. The zero-order valence-corrected chi connectivity index (χ0v) is 29.3. The van der Waals surface area contributed by atoms with Crippen LogP contribution >= 0.6 is 0 Å². The summed E-state index contributed by atoms with van der Waals surface area (Å²) in [4.78, 5) is 95.0. The molecule has 1 aliphatic heterocycles. The maximum absolute atomic E-state index is 13.1. The molecule has 3 rings (SSSR count). The first-order valence-electron chi connectivity index (χ1n) is 16.5. The Morgan fingerprint density at radius 3 is 2.15 bits per heavy atom. The molecule has 0 aromatic heterocycles. The zero-order valence-electron chi connectivity index (χ0n) is 29.3. The highest BCUT2D eigenvalue weighted by Crippen LogP contribution is 2.18. The maximum Gasteiger partial charge on any atom is 0.514 e. The Kier molecular flexibility index (Phi) is 18.7. The van der Waals surface area contributed by atoms with Gasteiger partial charge in [-0.1, -0.05) is 32.4 Å². The molecule has 1 unspecified atom stereocenters. The van der Waals surface area contributed by atoms with E-state index >= 15 is 0 Å². The minimum atomic E-state index is -1.06. The van der Waals surface area contributed by atoms with Gasteiger partial charge in [0.2, 0.25) is 17.7 Å². The molecule has 0 saturated carbocycles. The van der Waals surface area contributed by atoms with Crippen molar-refractivity contribution in [3.05, 3.63) is 76.4 Å². The molecule has 1 heterocycles. The molecule has 2 aromatic rings. The molecule has 1 atom stereocenters. The summed E-state index contributed by atoms with van der Waals surface area (Å²) in [5.74, 6) is -2.58. The van der Waals surface area contributed by atoms with Gasteiger partial charge in [0.05, 0.1) is 31.2 Å². The fourth-order valence-corrected chi connectivity index (χ4v) is 4.19. The first-order chi connectivity index (χ1) is 25.3. The highest BCUT2D eigenvalue weighted by molar-refractivity contribution is 6.12. The van der Waals surface area contributed by atoms with Crippen molar-refractivity contribution in [1.29, 1.82) is 0 Å². The Morgan fingerprint density at radius 2 is 1.55 bits per heavy atom. The largest absolute Gasteiger partial charge is 0.514 e. The Balaban J connectivity index is 0.00000313. The van der Waals surface area contributed by atoms with Crippen molar-refractivity contribution in [3.63, 3.8) is 0 Å². The number of carbonyl (C=O) groups is 7. The lowest BCUT2D eigenvalue weighted by Gasteiger charge is -2.19. The van der Waals surface area contributed by atoms with Crippen LogP contribution in [0.15, 0.2) is 60.7 Å². The van der Waals surface area contributed by atoms with Crippen LogP contribution in [0.3, 0.4) is 0 Å². The number of benzene rings is 2. The second-order valence-electron chi connectivity index (χ2n) is 11.1.